The fraction of sp³-hybridized carbons (Fsp3) is 0.556. The van der Waals surface area contributed by atoms with Crippen LogP contribution in [-0.4, -0.2) is 70.8 Å². The molecular formula is C18H26O8S. The molecule has 8 nitrogen and oxygen atoms in total. The molecule has 0 aliphatic carbocycles. The maximum atomic E-state index is 11.4. The molecule has 0 spiro atoms. The van der Waals surface area contributed by atoms with E-state index in [1.807, 2.05) is 30.3 Å². The molecule has 0 unspecified atom stereocenters. The Labute approximate surface area is 159 Å². The van der Waals surface area contributed by atoms with Gasteiger partial charge in [-0.05, 0) is 5.56 Å². The zero-order valence-electron chi connectivity index (χ0n) is 15.4. The van der Waals surface area contributed by atoms with Gasteiger partial charge in [0.1, 0.15) is 24.4 Å². The number of hydrogen-bond acceptors (Lipinski definition) is 8. The molecule has 5 atom stereocenters. The number of aliphatic hydroxyl groups excluding tert-OH is 1. The van der Waals surface area contributed by atoms with E-state index < -0.39 is 40.8 Å². The van der Waals surface area contributed by atoms with Crippen LogP contribution in [0.2, 0.25) is 0 Å². The van der Waals surface area contributed by atoms with Crippen molar-refractivity contribution in [3.8, 4) is 0 Å². The molecule has 0 radical (unpaired) electrons. The lowest BCUT2D eigenvalue weighted by Crippen LogP contribution is -2.61. The molecule has 1 saturated heterocycles. The molecule has 1 aromatic rings. The van der Waals surface area contributed by atoms with Crippen LogP contribution in [0.1, 0.15) is 5.56 Å². The van der Waals surface area contributed by atoms with Crippen molar-refractivity contribution in [2.75, 3.05) is 26.6 Å². The second-order valence-electron chi connectivity index (χ2n) is 6.11. The molecule has 1 heterocycles. The summed E-state index contributed by atoms with van der Waals surface area (Å²) in [5.74, 6) is 0. The second-order valence-corrected chi connectivity index (χ2v) is 7.75. The quantitative estimate of drug-likeness (QED) is 0.454. The van der Waals surface area contributed by atoms with Crippen LogP contribution in [0, 0.1) is 0 Å². The first-order valence-corrected chi connectivity index (χ1v) is 10.3. The van der Waals surface area contributed by atoms with Gasteiger partial charge >= 0.3 is 0 Å². The van der Waals surface area contributed by atoms with Crippen molar-refractivity contribution in [3.05, 3.63) is 48.6 Å². The SMILES string of the molecule is C=CCO[C@@H]1[C@H](O)[C@@H](OC)O[C@H](COS(C)(=O)=O)[C@H]1OCc1ccccc1. The standard InChI is InChI=1S/C18H26O8S/c1-4-10-23-17-15(19)18(22-2)26-14(12-25-27(3,20)21)16(17)24-11-13-8-6-5-7-9-13/h4-9,14-19H,1,10-12H2,2-3H3/t14-,15+,16-,17-,18+/m1/s1. The van der Waals surface area contributed by atoms with E-state index in [1.54, 1.807) is 6.08 Å². The predicted octanol–water partition coefficient (Wildman–Crippen LogP) is 0.851. The Bertz CT molecular complexity index is 678. The Morgan fingerprint density at radius 2 is 1.93 bits per heavy atom. The Hall–Kier alpha value is -1.33. The molecule has 27 heavy (non-hydrogen) atoms. The average molecular weight is 402 g/mol. The minimum atomic E-state index is -3.68. The van der Waals surface area contributed by atoms with Gasteiger partial charge in [-0.3, -0.25) is 4.18 Å². The van der Waals surface area contributed by atoms with Gasteiger partial charge in [0.25, 0.3) is 10.1 Å². The summed E-state index contributed by atoms with van der Waals surface area (Å²) in [5, 5.41) is 10.5. The van der Waals surface area contributed by atoms with Crippen molar-refractivity contribution < 1.29 is 36.7 Å². The fourth-order valence-electron chi connectivity index (χ4n) is 2.75. The zero-order chi connectivity index (χ0) is 19.9. The monoisotopic (exact) mass is 402 g/mol. The minimum absolute atomic E-state index is 0.170. The third-order valence-electron chi connectivity index (χ3n) is 3.99. The normalized spacial score (nSPS) is 28.8. The van der Waals surface area contributed by atoms with E-state index in [0.717, 1.165) is 11.8 Å². The van der Waals surface area contributed by atoms with E-state index in [-0.39, 0.29) is 19.8 Å². The maximum Gasteiger partial charge on any atom is 0.264 e. The molecule has 1 aliphatic rings. The van der Waals surface area contributed by atoms with Crippen LogP contribution in [0.3, 0.4) is 0 Å². The summed E-state index contributed by atoms with van der Waals surface area (Å²) >= 11 is 0. The molecule has 2 rings (SSSR count). The van der Waals surface area contributed by atoms with E-state index in [0.29, 0.717) is 0 Å². The van der Waals surface area contributed by atoms with E-state index in [2.05, 4.69) is 6.58 Å². The highest BCUT2D eigenvalue weighted by atomic mass is 32.2. The third kappa shape index (κ3) is 6.65. The highest BCUT2D eigenvalue weighted by Crippen LogP contribution is 2.28. The summed E-state index contributed by atoms with van der Waals surface area (Å²) in [6.45, 7) is 3.70. The second kappa shape index (κ2) is 10.3. The topological polar surface area (TPSA) is 101 Å². The fourth-order valence-corrected chi connectivity index (χ4v) is 3.13. The first-order valence-electron chi connectivity index (χ1n) is 8.44. The summed E-state index contributed by atoms with van der Waals surface area (Å²) in [4.78, 5) is 0. The van der Waals surface area contributed by atoms with Crippen molar-refractivity contribution in [1.29, 1.82) is 0 Å². The molecule has 1 aromatic carbocycles. The van der Waals surface area contributed by atoms with Crippen LogP contribution in [0.15, 0.2) is 43.0 Å². The zero-order valence-corrected chi connectivity index (χ0v) is 16.2. The van der Waals surface area contributed by atoms with Gasteiger partial charge in [-0.25, -0.2) is 0 Å². The molecule has 0 bridgehead atoms. The Kier molecular flexibility index (Phi) is 8.36. The summed E-state index contributed by atoms with van der Waals surface area (Å²) in [7, 11) is -2.31. The minimum Gasteiger partial charge on any atom is -0.385 e. The van der Waals surface area contributed by atoms with Crippen LogP contribution in [-0.2, 0) is 39.9 Å². The molecule has 9 heteroatoms. The molecule has 1 fully saturated rings. The van der Waals surface area contributed by atoms with E-state index in [1.165, 1.54) is 7.11 Å². The highest BCUT2D eigenvalue weighted by Gasteiger charge is 2.47. The molecule has 1 N–H and O–H groups in total. The van der Waals surface area contributed by atoms with Gasteiger partial charge in [-0.2, -0.15) is 8.42 Å². The van der Waals surface area contributed by atoms with E-state index in [9.17, 15) is 13.5 Å². The largest absolute Gasteiger partial charge is 0.385 e. The molecule has 1 aliphatic heterocycles. The van der Waals surface area contributed by atoms with E-state index in [4.69, 9.17) is 23.1 Å². The van der Waals surface area contributed by atoms with Crippen molar-refractivity contribution in [2.24, 2.45) is 0 Å². The van der Waals surface area contributed by atoms with Crippen molar-refractivity contribution in [1.82, 2.24) is 0 Å². The number of ether oxygens (including phenoxy) is 4. The summed E-state index contributed by atoms with van der Waals surface area (Å²) in [6, 6.07) is 9.42. The van der Waals surface area contributed by atoms with Gasteiger partial charge in [0, 0.05) is 7.11 Å². The van der Waals surface area contributed by atoms with Gasteiger partial charge in [0.2, 0.25) is 0 Å². The van der Waals surface area contributed by atoms with Crippen LogP contribution in [0.25, 0.3) is 0 Å². The van der Waals surface area contributed by atoms with Crippen LogP contribution in [0.5, 0.6) is 0 Å². The maximum absolute atomic E-state index is 11.4. The molecule has 152 valence electrons. The number of rotatable bonds is 10. The summed E-state index contributed by atoms with van der Waals surface area (Å²) in [6.07, 6.45) is -2.09. The van der Waals surface area contributed by atoms with Crippen molar-refractivity contribution in [2.45, 2.75) is 37.3 Å². The molecule has 0 saturated carbocycles. The Balaban J connectivity index is 2.20. The Morgan fingerprint density at radius 1 is 1.22 bits per heavy atom. The lowest BCUT2D eigenvalue weighted by atomic mass is 9.98. The highest BCUT2D eigenvalue weighted by molar-refractivity contribution is 7.85. The summed E-state index contributed by atoms with van der Waals surface area (Å²) < 4.78 is 50.1. The van der Waals surface area contributed by atoms with Gasteiger partial charge in [-0.1, -0.05) is 36.4 Å². The third-order valence-corrected chi connectivity index (χ3v) is 4.55. The number of hydrogen-bond donors (Lipinski definition) is 1. The van der Waals surface area contributed by atoms with Crippen molar-refractivity contribution in [3.63, 3.8) is 0 Å². The predicted molar refractivity (Wildman–Crippen MR) is 97.4 cm³/mol. The van der Waals surface area contributed by atoms with Crippen LogP contribution < -0.4 is 0 Å². The molecule has 0 aromatic heterocycles. The van der Waals surface area contributed by atoms with Gasteiger partial charge in [-0.15, -0.1) is 6.58 Å². The Morgan fingerprint density at radius 3 is 2.52 bits per heavy atom. The van der Waals surface area contributed by atoms with Crippen LogP contribution in [0.4, 0.5) is 0 Å². The van der Waals surface area contributed by atoms with Gasteiger partial charge < -0.3 is 24.1 Å². The first kappa shape index (κ1) is 22.0. The van der Waals surface area contributed by atoms with Gasteiger partial charge in [0.05, 0.1) is 26.1 Å². The first-order chi connectivity index (χ1) is 12.9. The number of benzene rings is 1. The van der Waals surface area contributed by atoms with Crippen molar-refractivity contribution >= 4 is 10.1 Å². The summed E-state index contributed by atoms with van der Waals surface area (Å²) in [5.41, 5.74) is 0.908. The lowest BCUT2D eigenvalue weighted by Gasteiger charge is -2.43. The average Bonchev–Trinajstić information content (AvgIpc) is 2.64. The molecule has 0 amide bonds. The smallest absolute Gasteiger partial charge is 0.264 e. The number of methoxy groups -OCH3 is 1. The molecular weight excluding hydrogens is 376 g/mol. The van der Waals surface area contributed by atoms with E-state index >= 15 is 0 Å². The van der Waals surface area contributed by atoms with Crippen LogP contribution >= 0.6 is 0 Å². The lowest BCUT2D eigenvalue weighted by molar-refractivity contribution is -0.307. The number of aliphatic hydroxyl groups is 1. The van der Waals surface area contributed by atoms with Gasteiger partial charge in [0.15, 0.2) is 6.29 Å².